The summed E-state index contributed by atoms with van der Waals surface area (Å²) in [5.41, 5.74) is 3.80. The lowest BCUT2D eigenvalue weighted by Gasteiger charge is -2.16. The number of benzene rings is 1. The van der Waals surface area contributed by atoms with Crippen molar-refractivity contribution in [3.8, 4) is 47.0 Å². The van der Waals surface area contributed by atoms with Crippen LogP contribution in [0.2, 0.25) is 0 Å². The molecule has 0 aliphatic heterocycles. The predicted molar refractivity (Wildman–Crippen MR) is 117 cm³/mol. The van der Waals surface area contributed by atoms with E-state index in [1.54, 1.807) is 60.5 Å². The van der Waals surface area contributed by atoms with Gasteiger partial charge in [-0.3, -0.25) is 9.30 Å². The first-order valence-corrected chi connectivity index (χ1v) is 9.34. The summed E-state index contributed by atoms with van der Waals surface area (Å²) in [4.78, 5) is 26.3. The topological polar surface area (TPSA) is 106 Å². The third kappa shape index (κ3) is 3.55. The lowest BCUT2D eigenvalue weighted by molar-refractivity contribution is 0.180. The van der Waals surface area contributed by atoms with Crippen LogP contribution in [0.4, 0.5) is 10.6 Å². The van der Waals surface area contributed by atoms with Gasteiger partial charge in [-0.1, -0.05) is 18.6 Å². The molecular formula is C23H16N6O3. The molecule has 1 amide bonds. The van der Waals surface area contributed by atoms with Crippen LogP contribution < -0.4 is 9.64 Å². The van der Waals surface area contributed by atoms with Gasteiger partial charge in [-0.25, -0.2) is 19.7 Å². The molecule has 0 atom stereocenters. The summed E-state index contributed by atoms with van der Waals surface area (Å²) in [6, 6.07) is 12.6. The molecule has 0 bridgehead atoms. The number of aromatic nitrogens is 4. The molecule has 4 rings (SSSR count). The number of anilines is 1. The number of fused-ring (bicyclic) bond motifs is 1. The Morgan fingerprint density at radius 2 is 1.91 bits per heavy atom. The average Bonchev–Trinajstić information content (AvgIpc) is 3.33. The minimum atomic E-state index is -0.530. The van der Waals surface area contributed by atoms with Crippen LogP contribution >= 0.6 is 0 Å². The fraction of sp³-hybridized carbons (Fsp3) is 0.0870. The largest absolute Gasteiger partial charge is 0.452 e. The van der Waals surface area contributed by atoms with Gasteiger partial charge in [0.25, 0.3) is 5.88 Å². The van der Waals surface area contributed by atoms with Gasteiger partial charge >= 0.3 is 6.09 Å². The number of carbonyl (C=O) groups is 1. The monoisotopic (exact) mass is 424 g/mol. The number of terminal acetylenes is 1. The highest BCUT2D eigenvalue weighted by Crippen LogP contribution is 2.35. The minimum Gasteiger partial charge on any atom is -0.452 e. The van der Waals surface area contributed by atoms with Crippen molar-refractivity contribution >= 4 is 17.4 Å². The van der Waals surface area contributed by atoms with E-state index in [1.807, 2.05) is 6.07 Å². The molecule has 0 N–H and O–H groups in total. The number of methoxy groups -OCH3 is 1. The van der Waals surface area contributed by atoms with Gasteiger partial charge < -0.3 is 9.47 Å². The maximum atomic E-state index is 11.8. The van der Waals surface area contributed by atoms with Crippen LogP contribution in [-0.4, -0.2) is 39.6 Å². The van der Waals surface area contributed by atoms with Crippen molar-refractivity contribution in [2.24, 2.45) is 0 Å². The Hall–Kier alpha value is -4.89. The molecule has 0 unspecified atom stereocenters. The number of hydrogen-bond donors (Lipinski definition) is 0. The number of ether oxygens (including phenoxy) is 2. The first kappa shape index (κ1) is 20.4. The molecular weight excluding hydrogens is 408 g/mol. The molecule has 3 aromatic heterocycles. The summed E-state index contributed by atoms with van der Waals surface area (Å²) in [6.45, 7) is 0. The lowest BCUT2D eigenvalue weighted by Crippen LogP contribution is -2.26. The zero-order valence-electron chi connectivity index (χ0n) is 17.2. The Morgan fingerprint density at radius 1 is 1.16 bits per heavy atom. The zero-order valence-corrected chi connectivity index (χ0v) is 17.2. The highest BCUT2D eigenvalue weighted by molar-refractivity contribution is 5.86. The summed E-state index contributed by atoms with van der Waals surface area (Å²) in [5.74, 6) is 0.644. The van der Waals surface area contributed by atoms with E-state index < -0.39 is 6.09 Å². The van der Waals surface area contributed by atoms with Crippen LogP contribution in [0.5, 0.6) is 5.88 Å². The van der Waals surface area contributed by atoms with Crippen molar-refractivity contribution < 1.29 is 14.3 Å². The molecule has 0 saturated carbocycles. The second-order valence-corrected chi connectivity index (χ2v) is 6.61. The lowest BCUT2D eigenvalue weighted by atomic mass is 10.0. The van der Waals surface area contributed by atoms with Gasteiger partial charge in [0.05, 0.1) is 42.7 Å². The third-order valence-electron chi connectivity index (χ3n) is 4.79. The van der Waals surface area contributed by atoms with E-state index in [1.165, 1.54) is 12.0 Å². The Balaban J connectivity index is 1.92. The van der Waals surface area contributed by atoms with Crippen LogP contribution in [0, 0.1) is 23.9 Å². The molecule has 32 heavy (non-hydrogen) atoms. The standard InChI is InChI=1S/C23H16N6O3/c1-4-32-22-18-13-25-14-29(18)21(20(27-22)16-7-5-15(11-24)6-8-16)17-9-10-19(26-12-17)28(2)23(30)31-3/h1,5-10,12-14H,2-3H3. The van der Waals surface area contributed by atoms with E-state index >= 15 is 0 Å². The van der Waals surface area contributed by atoms with E-state index in [-0.39, 0.29) is 5.88 Å². The van der Waals surface area contributed by atoms with Gasteiger partial charge in [-0.05, 0) is 24.3 Å². The number of carbonyl (C=O) groups excluding carboxylic acids is 1. The second-order valence-electron chi connectivity index (χ2n) is 6.61. The number of amides is 1. The zero-order chi connectivity index (χ0) is 22.7. The van der Waals surface area contributed by atoms with Crippen LogP contribution in [0.15, 0.2) is 55.1 Å². The Labute approximate surface area is 183 Å². The Morgan fingerprint density at radius 3 is 2.53 bits per heavy atom. The molecule has 0 spiro atoms. The molecule has 1 aromatic carbocycles. The summed E-state index contributed by atoms with van der Waals surface area (Å²) in [6.07, 6.45) is 11.8. The van der Waals surface area contributed by atoms with E-state index in [2.05, 4.69) is 27.1 Å². The summed E-state index contributed by atoms with van der Waals surface area (Å²) >= 11 is 0. The van der Waals surface area contributed by atoms with E-state index in [9.17, 15) is 4.79 Å². The summed E-state index contributed by atoms with van der Waals surface area (Å²) < 4.78 is 11.8. The summed E-state index contributed by atoms with van der Waals surface area (Å²) in [7, 11) is 2.87. The SMILES string of the molecule is C#COc1nc(-c2ccc(C#N)cc2)c(-c2ccc(N(C)C(=O)OC)nc2)n2cncc12. The van der Waals surface area contributed by atoms with Crippen molar-refractivity contribution in [2.45, 2.75) is 0 Å². The van der Waals surface area contributed by atoms with Gasteiger partial charge in [0.2, 0.25) is 0 Å². The van der Waals surface area contributed by atoms with Crippen molar-refractivity contribution in [2.75, 3.05) is 19.1 Å². The second kappa shape index (κ2) is 8.46. The highest BCUT2D eigenvalue weighted by atomic mass is 16.5. The molecule has 3 heterocycles. The van der Waals surface area contributed by atoms with Gasteiger partial charge in [0.1, 0.15) is 17.4 Å². The molecule has 0 saturated heterocycles. The van der Waals surface area contributed by atoms with Crippen LogP contribution in [0.1, 0.15) is 5.56 Å². The highest BCUT2D eigenvalue weighted by Gasteiger charge is 2.20. The van der Waals surface area contributed by atoms with Gasteiger partial charge in [-0.2, -0.15) is 5.26 Å². The van der Waals surface area contributed by atoms with Gasteiger partial charge in [0, 0.05) is 24.4 Å². The van der Waals surface area contributed by atoms with Crippen molar-refractivity contribution in [3.05, 3.63) is 60.7 Å². The minimum absolute atomic E-state index is 0.225. The molecule has 4 aromatic rings. The molecule has 0 aliphatic carbocycles. The first-order chi connectivity index (χ1) is 15.6. The van der Waals surface area contributed by atoms with Crippen molar-refractivity contribution in [3.63, 3.8) is 0 Å². The predicted octanol–water partition coefficient (Wildman–Crippen LogP) is 3.50. The van der Waals surface area contributed by atoms with Crippen LogP contribution in [0.25, 0.3) is 28.0 Å². The molecule has 0 radical (unpaired) electrons. The van der Waals surface area contributed by atoms with E-state index in [0.717, 1.165) is 5.56 Å². The molecule has 0 fully saturated rings. The number of imidazole rings is 1. The number of rotatable bonds is 4. The molecule has 156 valence electrons. The fourth-order valence-electron chi connectivity index (χ4n) is 3.22. The van der Waals surface area contributed by atoms with Gasteiger partial charge in [-0.15, -0.1) is 0 Å². The number of nitrogens with zero attached hydrogens (tertiary/aromatic N) is 6. The summed E-state index contributed by atoms with van der Waals surface area (Å²) in [5, 5.41) is 9.12. The average molecular weight is 424 g/mol. The fourth-order valence-corrected chi connectivity index (χ4v) is 3.22. The van der Waals surface area contributed by atoms with Crippen LogP contribution in [0.3, 0.4) is 0 Å². The van der Waals surface area contributed by atoms with Crippen molar-refractivity contribution in [1.29, 1.82) is 5.26 Å². The normalized spacial score (nSPS) is 10.2. The first-order valence-electron chi connectivity index (χ1n) is 9.34. The van der Waals surface area contributed by atoms with Crippen molar-refractivity contribution in [1.82, 2.24) is 19.4 Å². The molecule has 0 aliphatic rings. The Bertz CT molecular complexity index is 1380. The maximum Gasteiger partial charge on any atom is 0.414 e. The number of pyridine rings is 1. The smallest absolute Gasteiger partial charge is 0.414 e. The number of hydrogen-bond acceptors (Lipinski definition) is 7. The molecule has 9 heteroatoms. The van der Waals surface area contributed by atoms with E-state index in [0.29, 0.717) is 33.8 Å². The third-order valence-corrected chi connectivity index (χ3v) is 4.79. The van der Waals surface area contributed by atoms with Crippen LogP contribution in [-0.2, 0) is 4.74 Å². The quantitative estimate of drug-likeness (QED) is 0.462. The Kier molecular flexibility index (Phi) is 5.39. The number of nitriles is 1. The van der Waals surface area contributed by atoms with E-state index in [4.69, 9.17) is 21.2 Å². The maximum absolute atomic E-state index is 11.8. The molecule has 9 nitrogen and oxygen atoms in total. The van der Waals surface area contributed by atoms with Gasteiger partial charge in [0.15, 0.2) is 0 Å².